The molecule has 5 heteroatoms. The number of hydrogen-bond acceptors (Lipinski definition) is 3. The van der Waals surface area contributed by atoms with Gasteiger partial charge in [0.1, 0.15) is 11.5 Å². The molecule has 1 heterocycles. The maximum atomic E-state index is 12.7. The van der Waals surface area contributed by atoms with Gasteiger partial charge in [-0.15, -0.1) is 0 Å². The molecule has 2 rings (SSSR count). The summed E-state index contributed by atoms with van der Waals surface area (Å²) < 4.78 is 5.65. The lowest BCUT2D eigenvalue weighted by Crippen LogP contribution is -2.44. The zero-order valence-electron chi connectivity index (χ0n) is 14.8. The topological polar surface area (TPSA) is 57.8 Å². The van der Waals surface area contributed by atoms with Crippen LogP contribution in [0.2, 0.25) is 0 Å². The Morgan fingerprint density at radius 1 is 1.42 bits per heavy atom. The molecule has 1 N–H and O–H groups in total. The highest BCUT2D eigenvalue weighted by molar-refractivity contribution is 5.92. The van der Waals surface area contributed by atoms with Crippen molar-refractivity contribution in [2.45, 2.75) is 59.0 Å². The lowest BCUT2D eigenvalue weighted by Gasteiger charge is -2.28. The van der Waals surface area contributed by atoms with Crippen molar-refractivity contribution in [2.75, 3.05) is 0 Å². The fourth-order valence-electron chi connectivity index (χ4n) is 2.84. The molecule has 1 aliphatic rings. The van der Waals surface area contributed by atoms with Crippen LogP contribution in [0.15, 0.2) is 46.1 Å². The lowest BCUT2D eigenvalue weighted by atomic mass is 10.2. The number of urea groups is 1. The highest BCUT2D eigenvalue weighted by Gasteiger charge is 2.27. The Hall–Kier alpha value is -2.30. The van der Waals surface area contributed by atoms with Crippen molar-refractivity contribution in [3.63, 3.8) is 0 Å². The van der Waals surface area contributed by atoms with Crippen LogP contribution in [0, 0.1) is 6.92 Å². The molecule has 24 heavy (non-hydrogen) atoms. The van der Waals surface area contributed by atoms with E-state index in [-0.39, 0.29) is 12.1 Å². The molecule has 1 aromatic heterocycles. The second kappa shape index (κ2) is 8.52. The molecule has 0 saturated heterocycles. The molecular weight excluding hydrogens is 302 g/mol. The van der Waals surface area contributed by atoms with E-state index in [9.17, 15) is 4.79 Å². The fraction of sp³-hybridized carbons (Fsp3) is 0.474. The van der Waals surface area contributed by atoms with Crippen LogP contribution in [0.1, 0.15) is 51.1 Å². The minimum atomic E-state index is -0.101. The Balaban J connectivity index is 2.07. The Kier molecular flexibility index (Phi) is 6.41. The molecule has 1 fully saturated rings. The van der Waals surface area contributed by atoms with Crippen LogP contribution in [0.4, 0.5) is 4.79 Å². The monoisotopic (exact) mass is 329 g/mol. The molecule has 1 aromatic rings. The fourth-order valence-corrected chi connectivity index (χ4v) is 2.84. The number of aliphatic imine (C=N–C) groups is 1. The van der Waals surface area contributed by atoms with Gasteiger partial charge in [-0.1, -0.05) is 19.4 Å². The molecular formula is C19H27N3O2. The molecule has 0 atom stereocenters. The van der Waals surface area contributed by atoms with Gasteiger partial charge in [-0.2, -0.15) is 0 Å². The van der Waals surface area contributed by atoms with Crippen LogP contribution >= 0.6 is 0 Å². The number of nitrogens with zero attached hydrogens (tertiary/aromatic N) is 2. The van der Waals surface area contributed by atoms with Gasteiger partial charge < -0.3 is 14.6 Å². The van der Waals surface area contributed by atoms with Crippen molar-refractivity contribution in [3.05, 3.63) is 48.2 Å². The van der Waals surface area contributed by atoms with Crippen LogP contribution in [-0.2, 0) is 6.54 Å². The predicted molar refractivity (Wildman–Crippen MR) is 96.8 cm³/mol. The highest BCUT2D eigenvalue weighted by atomic mass is 16.3. The summed E-state index contributed by atoms with van der Waals surface area (Å²) in [6, 6.07) is 4.03. The van der Waals surface area contributed by atoms with Crippen LogP contribution in [0.5, 0.6) is 0 Å². The summed E-state index contributed by atoms with van der Waals surface area (Å²) in [6.07, 6.45) is 7.76. The molecule has 5 nitrogen and oxygen atoms in total. The first kappa shape index (κ1) is 18.0. The van der Waals surface area contributed by atoms with Crippen molar-refractivity contribution in [1.82, 2.24) is 10.2 Å². The summed E-state index contributed by atoms with van der Waals surface area (Å²) in [5.74, 6) is 1.68. The van der Waals surface area contributed by atoms with Crippen molar-refractivity contribution in [1.29, 1.82) is 0 Å². The number of carbonyl (C=O) groups excluding carboxylic acids is 1. The third kappa shape index (κ3) is 5.11. The first-order valence-corrected chi connectivity index (χ1v) is 8.46. The second-order valence-corrected chi connectivity index (χ2v) is 6.30. The maximum absolute atomic E-state index is 12.7. The first-order valence-electron chi connectivity index (χ1n) is 8.46. The molecule has 0 radical (unpaired) electrons. The molecule has 0 bridgehead atoms. The summed E-state index contributed by atoms with van der Waals surface area (Å²) in [5, 5.41) is 2.93. The van der Waals surface area contributed by atoms with E-state index in [0.29, 0.717) is 12.2 Å². The van der Waals surface area contributed by atoms with Crippen LogP contribution in [0.25, 0.3) is 0 Å². The number of nitrogens with one attached hydrogen (secondary N) is 1. The summed E-state index contributed by atoms with van der Waals surface area (Å²) in [6.45, 7) is 9.77. The van der Waals surface area contributed by atoms with E-state index in [0.717, 1.165) is 30.1 Å². The maximum Gasteiger partial charge on any atom is 0.322 e. The van der Waals surface area contributed by atoms with Gasteiger partial charge in [0, 0.05) is 23.7 Å². The molecule has 2 amide bonds. The Morgan fingerprint density at radius 2 is 2.12 bits per heavy atom. The van der Waals surface area contributed by atoms with Gasteiger partial charge in [-0.25, -0.2) is 4.79 Å². The van der Waals surface area contributed by atoms with Gasteiger partial charge in [-0.3, -0.25) is 4.99 Å². The zero-order chi connectivity index (χ0) is 17.5. The number of hydrogen-bond donors (Lipinski definition) is 1. The molecule has 0 unspecified atom stereocenters. The molecule has 1 aliphatic carbocycles. The average Bonchev–Trinajstić information content (AvgIpc) is 3.21. The standard InChI is InChI=1S/C19H27N3O2/c1-5-14(2)20-12-15(3)21-19(23)22(17-8-6-7-9-17)13-18-11-10-16(4)24-18/h5,10-12,17H,1,6-9,13H2,2-4H3,(H,21,23)/b15-12+,20-14?. The minimum Gasteiger partial charge on any atom is -0.464 e. The van der Waals surface area contributed by atoms with Crippen LogP contribution in [0.3, 0.4) is 0 Å². The summed E-state index contributed by atoms with van der Waals surface area (Å²) in [7, 11) is 0. The second-order valence-electron chi connectivity index (χ2n) is 6.30. The van der Waals surface area contributed by atoms with E-state index in [1.807, 2.05) is 37.8 Å². The molecule has 0 aromatic carbocycles. The van der Waals surface area contributed by atoms with E-state index >= 15 is 0 Å². The lowest BCUT2D eigenvalue weighted by molar-refractivity contribution is 0.167. The van der Waals surface area contributed by atoms with Crippen molar-refractivity contribution >= 4 is 11.7 Å². The number of amides is 2. The normalized spacial score (nSPS) is 16.3. The summed E-state index contributed by atoms with van der Waals surface area (Å²) >= 11 is 0. The Bertz CT molecular complexity index is 637. The van der Waals surface area contributed by atoms with Gasteiger partial charge in [0.05, 0.1) is 6.54 Å². The van der Waals surface area contributed by atoms with Gasteiger partial charge >= 0.3 is 6.03 Å². The Morgan fingerprint density at radius 3 is 2.71 bits per heavy atom. The SMILES string of the molecule is C=CC(C)=N/C=C(\C)NC(=O)N(Cc1ccc(C)o1)C1CCCC1. The summed E-state index contributed by atoms with van der Waals surface area (Å²) in [5.41, 5.74) is 1.52. The van der Waals surface area contributed by atoms with E-state index in [1.165, 1.54) is 12.8 Å². The number of allylic oxidation sites excluding steroid dienone is 2. The van der Waals surface area contributed by atoms with E-state index < -0.39 is 0 Å². The molecule has 1 saturated carbocycles. The van der Waals surface area contributed by atoms with Crippen LogP contribution in [-0.4, -0.2) is 22.7 Å². The van der Waals surface area contributed by atoms with E-state index in [2.05, 4.69) is 16.9 Å². The molecule has 130 valence electrons. The van der Waals surface area contributed by atoms with Gasteiger partial charge in [-0.05, 0) is 51.8 Å². The number of rotatable bonds is 6. The smallest absolute Gasteiger partial charge is 0.322 e. The molecule has 0 aliphatic heterocycles. The average molecular weight is 329 g/mol. The van der Waals surface area contributed by atoms with Crippen molar-refractivity contribution in [3.8, 4) is 0 Å². The van der Waals surface area contributed by atoms with E-state index in [1.54, 1.807) is 12.3 Å². The minimum absolute atomic E-state index is 0.101. The third-order valence-corrected chi connectivity index (χ3v) is 4.21. The Labute approximate surface area is 144 Å². The highest BCUT2D eigenvalue weighted by Crippen LogP contribution is 2.25. The largest absolute Gasteiger partial charge is 0.464 e. The van der Waals surface area contributed by atoms with Gasteiger partial charge in [0.15, 0.2) is 0 Å². The molecule has 0 spiro atoms. The van der Waals surface area contributed by atoms with E-state index in [4.69, 9.17) is 4.42 Å². The third-order valence-electron chi connectivity index (χ3n) is 4.21. The van der Waals surface area contributed by atoms with Crippen molar-refractivity contribution in [2.24, 2.45) is 4.99 Å². The number of aryl methyl sites for hydroxylation is 1. The predicted octanol–water partition coefficient (Wildman–Crippen LogP) is 4.55. The first-order chi connectivity index (χ1) is 11.5. The number of furan rings is 1. The number of carbonyl (C=O) groups is 1. The quantitative estimate of drug-likeness (QED) is 0.778. The van der Waals surface area contributed by atoms with Gasteiger partial charge in [0.2, 0.25) is 0 Å². The van der Waals surface area contributed by atoms with Crippen molar-refractivity contribution < 1.29 is 9.21 Å². The zero-order valence-corrected chi connectivity index (χ0v) is 14.8. The van der Waals surface area contributed by atoms with Crippen LogP contribution < -0.4 is 5.32 Å². The van der Waals surface area contributed by atoms with Gasteiger partial charge in [0.25, 0.3) is 0 Å². The summed E-state index contributed by atoms with van der Waals surface area (Å²) in [4.78, 5) is 18.8.